The number of carbonyl (C=O) groups is 1. The summed E-state index contributed by atoms with van der Waals surface area (Å²) in [7, 11) is 0. The zero-order chi connectivity index (χ0) is 18.1. The molecule has 26 heavy (non-hydrogen) atoms. The van der Waals surface area contributed by atoms with E-state index in [-0.39, 0.29) is 17.9 Å². The molecule has 1 N–H and O–H groups in total. The first kappa shape index (κ1) is 17.1. The summed E-state index contributed by atoms with van der Waals surface area (Å²) in [5.41, 5.74) is 0.910. The van der Waals surface area contributed by atoms with Gasteiger partial charge in [0.2, 0.25) is 0 Å². The van der Waals surface area contributed by atoms with Crippen LogP contribution in [-0.2, 0) is 11.3 Å². The van der Waals surface area contributed by atoms with Gasteiger partial charge in [-0.3, -0.25) is 9.69 Å². The van der Waals surface area contributed by atoms with Gasteiger partial charge in [-0.2, -0.15) is 0 Å². The van der Waals surface area contributed by atoms with E-state index in [2.05, 4.69) is 14.9 Å². The molecule has 6 nitrogen and oxygen atoms in total. The highest BCUT2D eigenvalue weighted by atomic mass is 19.1. The minimum atomic E-state index is -0.583. The Labute approximate surface area is 149 Å². The third-order valence-corrected chi connectivity index (χ3v) is 4.99. The van der Waals surface area contributed by atoms with Gasteiger partial charge in [-0.05, 0) is 6.07 Å². The van der Waals surface area contributed by atoms with Crippen LogP contribution in [0.4, 0.5) is 8.78 Å². The van der Waals surface area contributed by atoms with E-state index in [1.165, 1.54) is 24.7 Å². The molecule has 2 aliphatic heterocycles. The summed E-state index contributed by atoms with van der Waals surface area (Å²) in [5.74, 6) is -1.08. The number of aromatic nitrogens is 2. The highest BCUT2D eigenvalue weighted by Gasteiger charge is 2.35. The molecule has 0 unspecified atom stereocenters. The van der Waals surface area contributed by atoms with Crippen LogP contribution in [0.5, 0.6) is 0 Å². The van der Waals surface area contributed by atoms with Gasteiger partial charge in [0, 0.05) is 43.7 Å². The maximum Gasteiger partial charge on any atom is 0.271 e. The Hall–Kier alpha value is -2.32. The lowest BCUT2D eigenvalue weighted by molar-refractivity contribution is 0.0402. The molecule has 1 aromatic carbocycles. The molecular weight excluding hydrogens is 342 g/mol. The number of imidazole rings is 1. The first-order valence-corrected chi connectivity index (χ1v) is 8.63. The zero-order valence-corrected chi connectivity index (χ0v) is 14.2. The summed E-state index contributed by atoms with van der Waals surface area (Å²) < 4.78 is 33.0. The molecule has 2 aromatic rings. The topological polar surface area (TPSA) is 61.5 Å². The van der Waals surface area contributed by atoms with E-state index in [1.54, 1.807) is 0 Å². The van der Waals surface area contributed by atoms with Crippen molar-refractivity contribution in [2.75, 3.05) is 32.8 Å². The van der Waals surface area contributed by atoms with Crippen LogP contribution in [0.3, 0.4) is 0 Å². The highest BCUT2D eigenvalue weighted by Crippen LogP contribution is 2.23. The minimum Gasteiger partial charge on any atom is -0.379 e. The summed E-state index contributed by atoms with van der Waals surface area (Å²) >= 11 is 0. The van der Waals surface area contributed by atoms with Crippen molar-refractivity contribution in [3.8, 4) is 0 Å². The molecular formula is C18H20F2N4O2. The number of hydrogen-bond acceptors (Lipinski definition) is 4. The van der Waals surface area contributed by atoms with E-state index in [0.717, 1.165) is 6.07 Å². The number of carbonyl (C=O) groups excluding carboxylic acids is 1. The molecule has 2 aliphatic rings. The number of rotatable bonds is 3. The lowest BCUT2D eigenvalue weighted by atomic mass is 10.1. The van der Waals surface area contributed by atoms with Gasteiger partial charge in [-0.25, -0.2) is 13.8 Å². The number of halogens is 2. The fourth-order valence-electron chi connectivity index (χ4n) is 3.70. The number of benzene rings is 1. The van der Waals surface area contributed by atoms with Crippen LogP contribution in [0, 0.1) is 17.6 Å². The highest BCUT2D eigenvalue weighted by molar-refractivity contribution is 5.92. The van der Waals surface area contributed by atoms with Crippen molar-refractivity contribution in [3.05, 3.63) is 53.6 Å². The smallest absolute Gasteiger partial charge is 0.271 e. The summed E-state index contributed by atoms with van der Waals surface area (Å²) in [4.78, 5) is 23.4. The van der Waals surface area contributed by atoms with Crippen molar-refractivity contribution in [2.45, 2.75) is 12.6 Å². The largest absolute Gasteiger partial charge is 0.379 e. The van der Waals surface area contributed by atoms with E-state index in [4.69, 9.17) is 4.74 Å². The predicted molar refractivity (Wildman–Crippen MR) is 89.4 cm³/mol. The van der Waals surface area contributed by atoms with Gasteiger partial charge >= 0.3 is 0 Å². The van der Waals surface area contributed by atoms with E-state index in [0.29, 0.717) is 50.7 Å². The molecule has 0 aliphatic carbocycles. The zero-order valence-electron chi connectivity index (χ0n) is 14.2. The normalized spacial score (nSPS) is 23.7. The van der Waals surface area contributed by atoms with Gasteiger partial charge in [-0.1, -0.05) is 6.07 Å². The molecule has 2 saturated heterocycles. The van der Waals surface area contributed by atoms with Crippen molar-refractivity contribution in [3.63, 3.8) is 0 Å². The van der Waals surface area contributed by atoms with Gasteiger partial charge in [0.25, 0.3) is 5.91 Å². The van der Waals surface area contributed by atoms with Crippen LogP contribution >= 0.6 is 0 Å². The second-order valence-electron chi connectivity index (χ2n) is 6.90. The maximum atomic E-state index is 14.1. The Morgan fingerprint density at radius 3 is 2.92 bits per heavy atom. The van der Waals surface area contributed by atoms with E-state index in [9.17, 15) is 13.6 Å². The lowest BCUT2D eigenvalue weighted by Crippen LogP contribution is -2.45. The Morgan fingerprint density at radius 2 is 2.15 bits per heavy atom. The van der Waals surface area contributed by atoms with Gasteiger partial charge in [0.05, 0.1) is 31.8 Å². The fourth-order valence-corrected chi connectivity index (χ4v) is 3.70. The maximum absolute atomic E-state index is 14.1. The summed E-state index contributed by atoms with van der Waals surface area (Å²) in [6, 6.07) is 3.61. The fraction of sp³-hybridized carbons (Fsp3) is 0.444. The number of aromatic amines is 1. The van der Waals surface area contributed by atoms with Crippen molar-refractivity contribution in [1.82, 2.24) is 19.8 Å². The number of amides is 1. The first-order chi connectivity index (χ1) is 12.6. The van der Waals surface area contributed by atoms with Crippen LogP contribution in [0.25, 0.3) is 0 Å². The third kappa shape index (κ3) is 3.47. The Balaban J connectivity index is 1.54. The van der Waals surface area contributed by atoms with E-state index >= 15 is 0 Å². The number of ether oxygens (including phenoxy) is 1. The number of nitrogens with one attached hydrogen (secondary N) is 1. The molecule has 4 rings (SSSR count). The van der Waals surface area contributed by atoms with Crippen molar-refractivity contribution >= 4 is 5.91 Å². The lowest BCUT2D eigenvalue weighted by Gasteiger charge is -2.31. The van der Waals surface area contributed by atoms with Crippen molar-refractivity contribution in [1.29, 1.82) is 0 Å². The third-order valence-electron chi connectivity index (χ3n) is 4.99. The Kier molecular flexibility index (Phi) is 4.69. The second kappa shape index (κ2) is 7.13. The molecule has 1 amide bonds. The molecule has 0 saturated carbocycles. The van der Waals surface area contributed by atoms with Crippen molar-refractivity contribution in [2.24, 2.45) is 5.92 Å². The SMILES string of the molecule is O=C(c1cnc[nH]1)N1C[C@@H]2COC[C@H](C1)N(Cc1ccc(F)cc1F)C2. The minimum absolute atomic E-state index is 0.0428. The predicted octanol–water partition coefficient (Wildman–Crippen LogP) is 1.66. The van der Waals surface area contributed by atoms with Gasteiger partial charge < -0.3 is 14.6 Å². The average molecular weight is 362 g/mol. The standard InChI is InChI=1S/C18H20F2N4O2/c19-14-2-1-13(16(20)3-14)7-23-5-12-6-24(8-15(23)10-26-9-12)18(25)17-4-21-11-22-17/h1-4,11-12,15H,5-10H2,(H,21,22)/t12-,15+/m1/s1. The summed E-state index contributed by atoms with van der Waals surface area (Å²) in [6.07, 6.45) is 3.00. The summed E-state index contributed by atoms with van der Waals surface area (Å²) in [6.45, 7) is 3.18. The summed E-state index contributed by atoms with van der Waals surface area (Å²) in [5, 5.41) is 0. The molecule has 2 fully saturated rings. The average Bonchev–Trinajstić information content (AvgIpc) is 2.99. The molecule has 2 bridgehead atoms. The van der Waals surface area contributed by atoms with Crippen LogP contribution in [0.1, 0.15) is 16.1 Å². The van der Waals surface area contributed by atoms with Crippen LogP contribution in [0.15, 0.2) is 30.7 Å². The van der Waals surface area contributed by atoms with E-state index in [1.807, 2.05) is 4.90 Å². The van der Waals surface area contributed by atoms with Crippen LogP contribution in [-0.4, -0.2) is 64.6 Å². The first-order valence-electron chi connectivity index (χ1n) is 8.63. The molecule has 138 valence electrons. The van der Waals surface area contributed by atoms with Gasteiger partial charge in [-0.15, -0.1) is 0 Å². The Morgan fingerprint density at radius 1 is 1.27 bits per heavy atom. The molecule has 8 heteroatoms. The molecule has 0 spiro atoms. The molecule has 2 atom stereocenters. The van der Waals surface area contributed by atoms with Crippen LogP contribution < -0.4 is 0 Å². The number of nitrogens with zero attached hydrogens (tertiary/aromatic N) is 3. The second-order valence-corrected chi connectivity index (χ2v) is 6.90. The van der Waals surface area contributed by atoms with Gasteiger partial charge in [0.1, 0.15) is 17.3 Å². The quantitative estimate of drug-likeness (QED) is 0.902. The Bertz CT molecular complexity index is 784. The number of hydrogen-bond donors (Lipinski definition) is 1. The molecule has 1 aromatic heterocycles. The van der Waals surface area contributed by atoms with Crippen molar-refractivity contribution < 1.29 is 18.3 Å². The molecule has 3 heterocycles. The number of fused-ring (bicyclic) bond motifs is 3. The van der Waals surface area contributed by atoms with Crippen LogP contribution in [0.2, 0.25) is 0 Å². The van der Waals surface area contributed by atoms with Gasteiger partial charge in [0.15, 0.2) is 0 Å². The number of H-pyrrole nitrogens is 1. The van der Waals surface area contributed by atoms with E-state index < -0.39 is 11.6 Å². The molecule has 0 radical (unpaired) electrons. The monoisotopic (exact) mass is 362 g/mol.